The maximum atomic E-state index is 12.7. The van der Waals surface area contributed by atoms with Gasteiger partial charge in [-0.2, -0.15) is 4.98 Å². The highest BCUT2D eigenvalue weighted by Gasteiger charge is 2.23. The van der Waals surface area contributed by atoms with Gasteiger partial charge in [0.25, 0.3) is 11.5 Å². The molecule has 29 heavy (non-hydrogen) atoms. The van der Waals surface area contributed by atoms with Gasteiger partial charge in [-0.25, -0.2) is 0 Å². The topological polar surface area (TPSA) is 68.3 Å². The number of furan rings is 1. The maximum absolute atomic E-state index is 12.7. The molecule has 0 N–H and O–H groups in total. The first kappa shape index (κ1) is 19.5. The van der Waals surface area contributed by atoms with Crippen LogP contribution in [0.25, 0.3) is 16.6 Å². The smallest absolute Gasteiger partial charge is 0.289 e. The summed E-state index contributed by atoms with van der Waals surface area (Å²) in [6, 6.07) is 8.87. The van der Waals surface area contributed by atoms with Gasteiger partial charge < -0.3 is 13.9 Å². The van der Waals surface area contributed by atoms with Crippen molar-refractivity contribution in [3.05, 3.63) is 69.1 Å². The number of hydrogen-bond donors (Lipinski definition) is 0. The summed E-state index contributed by atoms with van der Waals surface area (Å²) in [5, 5.41) is 0.989. The van der Waals surface area contributed by atoms with E-state index in [4.69, 9.17) is 16.0 Å². The van der Waals surface area contributed by atoms with Crippen LogP contribution < -0.4 is 5.56 Å². The van der Waals surface area contributed by atoms with Crippen molar-refractivity contribution < 1.29 is 9.21 Å². The molecule has 3 aromatic rings. The van der Waals surface area contributed by atoms with Gasteiger partial charge in [0.05, 0.1) is 10.9 Å². The highest BCUT2D eigenvalue weighted by molar-refractivity contribution is 6.31. The molecule has 1 aliphatic heterocycles. The molecule has 0 spiro atoms. The molecule has 1 aromatic carbocycles. The van der Waals surface area contributed by atoms with Gasteiger partial charge in [0.15, 0.2) is 5.76 Å². The predicted octanol–water partition coefficient (Wildman–Crippen LogP) is 4.29. The highest BCUT2D eigenvalue weighted by atomic mass is 35.5. The number of aromatic nitrogens is 2. The van der Waals surface area contributed by atoms with Gasteiger partial charge >= 0.3 is 0 Å². The molecular weight excluding hydrogens is 390 g/mol. The molecule has 7 heteroatoms. The standard InChI is InChI=1S/C22H22ClN3O3/c1-3-4-17-6-8-20(29-17)22(28)25-11-9-16(10-12-25)26-14(2)24-21(27)18-13-15(23)5-7-19(18)26/h5-9,13H,3-4,10-12H2,1-2H3. The van der Waals surface area contributed by atoms with Crippen LogP contribution in [0.5, 0.6) is 0 Å². The minimum atomic E-state index is -0.287. The van der Waals surface area contributed by atoms with Crippen LogP contribution in [0.2, 0.25) is 5.02 Å². The number of amides is 1. The molecule has 1 aliphatic rings. The van der Waals surface area contributed by atoms with E-state index in [0.29, 0.717) is 41.5 Å². The third-order valence-electron chi connectivity index (χ3n) is 5.15. The molecule has 0 unspecified atom stereocenters. The molecule has 4 rings (SSSR count). The molecule has 0 saturated heterocycles. The molecule has 0 radical (unpaired) electrons. The Morgan fingerprint density at radius 2 is 2.10 bits per heavy atom. The Morgan fingerprint density at radius 3 is 2.83 bits per heavy atom. The lowest BCUT2D eigenvalue weighted by atomic mass is 10.1. The van der Waals surface area contributed by atoms with Crippen molar-refractivity contribution in [2.45, 2.75) is 33.1 Å². The van der Waals surface area contributed by atoms with Crippen molar-refractivity contribution in [1.82, 2.24) is 14.5 Å². The molecule has 0 saturated carbocycles. The Morgan fingerprint density at radius 1 is 1.28 bits per heavy atom. The van der Waals surface area contributed by atoms with E-state index in [-0.39, 0.29) is 11.5 Å². The van der Waals surface area contributed by atoms with Crippen LogP contribution in [-0.4, -0.2) is 33.4 Å². The molecule has 0 bridgehead atoms. The molecule has 2 aromatic heterocycles. The number of benzene rings is 1. The maximum Gasteiger partial charge on any atom is 0.289 e. The summed E-state index contributed by atoms with van der Waals surface area (Å²) in [4.78, 5) is 30.9. The molecule has 0 fully saturated rings. The van der Waals surface area contributed by atoms with Gasteiger partial charge in [-0.3, -0.25) is 9.59 Å². The van der Waals surface area contributed by atoms with E-state index < -0.39 is 0 Å². The number of hydrogen-bond acceptors (Lipinski definition) is 4. The summed E-state index contributed by atoms with van der Waals surface area (Å²) in [7, 11) is 0. The number of nitrogens with zero attached hydrogens (tertiary/aromatic N) is 3. The number of carbonyl (C=O) groups excluding carboxylic acids is 1. The van der Waals surface area contributed by atoms with Crippen LogP contribution in [0.1, 0.15) is 41.9 Å². The van der Waals surface area contributed by atoms with Crippen LogP contribution in [0.3, 0.4) is 0 Å². The van der Waals surface area contributed by atoms with E-state index >= 15 is 0 Å². The SMILES string of the molecule is CCCc1ccc(C(=O)N2CC=C(n3c(C)nc(=O)c4cc(Cl)ccc43)CC2)o1. The summed E-state index contributed by atoms with van der Waals surface area (Å²) in [6.45, 7) is 4.92. The van der Waals surface area contributed by atoms with Gasteiger partial charge in [-0.1, -0.05) is 18.5 Å². The lowest BCUT2D eigenvalue weighted by Crippen LogP contribution is -2.35. The minimum absolute atomic E-state index is 0.103. The van der Waals surface area contributed by atoms with E-state index in [0.717, 1.165) is 29.8 Å². The van der Waals surface area contributed by atoms with Crippen molar-refractivity contribution in [2.24, 2.45) is 0 Å². The fourth-order valence-electron chi connectivity index (χ4n) is 3.74. The summed E-state index contributed by atoms with van der Waals surface area (Å²) in [6.07, 6.45) is 4.46. The van der Waals surface area contributed by atoms with Crippen LogP contribution in [0.4, 0.5) is 0 Å². The van der Waals surface area contributed by atoms with Crippen LogP contribution in [-0.2, 0) is 6.42 Å². The number of carbonyl (C=O) groups is 1. The van der Waals surface area contributed by atoms with Gasteiger partial charge in [-0.05, 0) is 49.8 Å². The number of halogens is 1. The fourth-order valence-corrected chi connectivity index (χ4v) is 3.92. The van der Waals surface area contributed by atoms with Gasteiger partial charge in [0.1, 0.15) is 11.6 Å². The zero-order valence-corrected chi connectivity index (χ0v) is 17.2. The Hall–Kier alpha value is -2.86. The Labute approximate surface area is 173 Å². The summed E-state index contributed by atoms with van der Waals surface area (Å²) in [5.74, 6) is 1.73. The molecular formula is C22H22ClN3O3. The lowest BCUT2D eigenvalue weighted by molar-refractivity contribution is 0.0738. The van der Waals surface area contributed by atoms with Crippen molar-refractivity contribution in [1.29, 1.82) is 0 Å². The minimum Gasteiger partial charge on any atom is -0.456 e. The zero-order valence-electron chi connectivity index (χ0n) is 16.4. The summed E-state index contributed by atoms with van der Waals surface area (Å²) < 4.78 is 7.65. The molecule has 0 aliphatic carbocycles. The Balaban J connectivity index is 1.62. The molecule has 150 valence electrons. The van der Waals surface area contributed by atoms with E-state index in [1.165, 1.54) is 0 Å². The molecule has 3 heterocycles. The van der Waals surface area contributed by atoms with Gasteiger partial charge in [-0.15, -0.1) is 0 Å². The largest absolute Gasteiger partial charge is 0.456 e. The van der Waals surface area contributed by atoms with Crippen molar-refractivity contribution in [3.63, 3.8) is 0 Å². The van der Waals surface area contributed by atoms with E-state index in [1.807, 2.05) is 29.7 Å². The predicted molar refractivity (Wildman–Crippen MR) is 113 cm³/mol. The summed E-state index contributed by atoms with van der Waals surface area (Å²) >= 11 is 6.06. The first-order chi connectivity index (χ1) is 14.0. The Kier molecular flexibility index (Phi) is 5.28. The van der Waals surface area contributed by atoms with E-state index in [2.05, 4.69) is 11.9 Å². The lowest BCUT2D eigenvalue weighted by Gasteiger charge is -2.27. The normalized spacial score (nSPS) is 14.3. The summed E-state index contributed by atoms with van der Waals surface area (Å²) in [5.41, 5.74) is 1.50. The molecule has 1 amide bonds. The third-order valence-corrected chi connectivity index (χ3v) is 5.38. The van der Waals surface area contributed by atoms with Gasteiger partial charge in [0, 0.05) is 36.7 Å². The number of fused-ring (bicyclic) bond motifs is 1. The first-order valence-electron chi connectivity index (χ1n) is 9.74. The third kappa shape index (κ3) is 3.72. The monoisotopic (exact) mass is 411 g/mol. The van der Waals surface area contributed by atoms with Crippen LogP contribution >= 0.6 is 11.6 Å². The van der Waals surface area contributed by atoms with Gasteiger partial charge in [0.2, 0.25) is 0 Å². The second-order valence-corrected chi connectivity index (χ2v) is 7.61. The number of rotatable bonds is 4. The fraction of sp³-hybridized carbons (Fsp3) is 0.318. The van der Waals surface area contributed by atoms with E-state index in [1.54, 1.807) is 23.1 Å². The average Bonchev–Trinajstić information content (AvgIpc) is 3.17. The van der Waals surface area contributed by atoms with Crippen molar-refractivity contribution in [2.75, 3.05) is 13.1 Å². The first-order valence-corrected chi connectivity index (χ1v) is 10.1. The Bertz CT molecular complexity index is 1180. The quantitative estimate of drug-likeness (QED) is 0.642. The second kappa shape index (κ2) is 7.87. The number of aryl methyl sites for hydroxylation is 2. The van der Waals surface area contributed by atoms with E-state index in [9.17, 15) is 9.59 Å². The molecule has 6 nitrogen and oxygen atoms in total. The highest BCUT2D eigenvalue weighted by Crippen LogP contribution is 2.25. The average molecular weight is 412 g/mol. The van der Waals surface area contributed by atoms with Crippen molar-refractivity contribution >= 4 is 34.1 Å². The zero-order chi connectivity index (χ0) is 20.5. The van der Waals surface area contributed by atoms with Crippen LogP contribution in [0.15, 0.2) is 45.6 Å². The van der Waals surface area contributed by atoms with Crippen molar-refractivity contribution in [3.8, 4) is 0 Å². The second-order valence-electron chi connectivity index (χ2n) is 7.17. The van der Waals surface area contributed by atoms with Crippen LogP contribution in [0, 0.1) is 6.92 Å². The molecule has 0 atom stereocenters.